The van der Waals surface area contributed by atoms with Crippen molar-refractivity contribution in [1.29, 1.82) is 0 Å². The van der Waals surface area contributed by atoms with Crippen LogP contribution in [0.3, 0.4) is 0 Å². The molecule has 0 spiro atoms. The van der Waals surface area contributed by atoms with Gasteiger partial charge in [0.1, 0.15) is 0 Å². The zero-order valence-corrected chi connectivity index (χ0v) is 5.52. The normalized spacial score (nSPS) is 8.89. The molecule has 0 aliphatic heterocycles. The van der Waals surface area contributed by atoms with Crippen molar-refractivity contribution in [1.82, 2.24) is 0 Å². The Labute approximate surface area is 60.2 Å². The van der Waals surface area contributed by atoms with Crippen molar-refractivity contribution in [2.45, 2.75) is 0 Å². The molecule has 0 rings (SSSR count). The van der Waals surface area contributed by atoms with Gasteiger partial charge in [-0.3, -0.25) is 0 Å². The van der Waals surface area contributed by atoms with Gasteiger partial charge in [-0.25, -0.2) is 0 Å². The maximum absolute atomic E-state index is 5.04. The van der Waals surface area contributed by atoms with Gasteiger partial charge in [-0.15, -0.1) is 6.42 Å². The molecule has 9 heavy (non-hydrogen) atoms. The van der Waals surface area contributed by atoms with Crippen LogP contribution in [0.4, 0.5) is 0 Å². The van der Waals surface area contributed by atoms with E-state index in [-0.39, 0.29) is 0 Å². The van der Waals surface area contributed by atoms with Gasteiger partial charge in [-0.1, -0.05) is 24.0 Å². The topological polar surface area (TPSA) is 0 Å². The summed E-state index contributed by atoms with van der Waals surface area (Å²) in [6.07, 6.45) is 11.5. The zero-order valence-electron chi connectivity index (χ0n) is 4.76. The highest BCUT2D eigenvalue weighted by Gasteiger charge is 1.56. The molecule has 0 aliphatic carbocycles. The van der Waals surface area contributed by atoms with Crippen LogP contribution in [0.1, 0.15) is 0 Å². The van der Waals surface area contributed by atoms with Gasteiger partial charge >= 0.3 is 0 Å². The molecule has 44 valence electrons. The molecule has 0 aromatic carbocycles. The van der Waals surface area contributed by atoms with E-state index in [0.717, 1.165) is 0 Å². The molecular weight excluding hydrogens is 132 g/mol. The first kappa shape index (κ1) is 7.89. The van der Waals surface area contributed by atoms with Crippen LogP contribution >= 0.6 is 11.6 Å². The van der Waals surface area contributed by atoms with Crippen LogP contribution in [0.2, 0.25) is 0 Å². The van der Waals surface area contributed by atoms with Crippen molar-refractivity contribution in [2.75, 3.05) is 0 Å². The minimum Gasteiger partial charge on any atom is -0.115 e. The molecule has 0 aliphatic rings. The van der Waals surface area contributed by atoms with E-state index in [1.54, 1.807) is 24.3 Å². The van der Waals surface area contributed by atoms with E-state index in [1.807, 2.05) is 0 Å². The molecule has 0 atom stereocenters. The Kier molecular flexibility index (Phi) is 6.04. The highest BCUT2D eigenvalue weighted by molar-refractivity contribution is 6.30. The quantitative estimate of drug-likeness (QED) is 0.382. The van der Waals surface area contributed by atoms with Gasteiger partial charge in [0, 0.05) is 5.38 Å². The van der Waals surface area contributed by atoms with Gasteiger partial charge in [0.05, 0.1) is 0 Å². The van der Waals surface area contributed by atoms with E-state index in [2.05, 4.69) is 17.2 Å². The number of rotatable bonds is 1. The van der Waals surface area contributed by atoms with E-state index in [9.17, 15) is 0 Å². The van der Waals surface area contributed by atoms with E-state index >= 15 is 0 Å². The van der Waals surface area contributed by atoms with Gasteiger partial charge < -0.3 is 0 Å². The molecule has 0 amide bonds. The number of hydrogen-bond acceptors (Lipinski definition) is 0. The summed E-state index contributed by atoms with van der Waals surface area (Å²) >= 11 is 5.04. The first-order valence-corrected chi connectivity index (χ1v) is 2.68. The molecule has 0 aromatic rings. The molecule has 0 radical (unpaired) electrons. The monoisotopic (exact) mass is 136 g/mol. The third kappa shape index (κ3) is 6.89. The summed E-state index contributed by atoms with van der Waals surface area (Å²) in [6, 6.07) is 0. The first-order chi connectivity index (χ1) is 4.41. The summed E-state index contributed by atoms with van der Waals surface area (Å²) in [6.45, 7) is 0. The third-order valence-corrected chi connectivity index (χ3v) is 0.647. The van der Waals surface area contributed by atoms with Crippen LogP contribution in [0, 0.1) is 23.6 Å². The highest BCUT2D eigenvalue weighted by Crippen LogP contribution is 1.74. The Hall–Kier alpha value is -1.11. The number of halogens is 1. The Balaban J connectivity index is 3.59. The first-order valence-electron chi connectivity index (χ1n) is 2.31. The summed E-state index contributed by atoms with van der Waals surface area (Å²) in [5.74, 6) is 4.85. The van der Waals surface area contributed by atoms with E-state index < -0.39 is 0 Å². The van der Waals surface area contributed by atoms with Gasteiger partial charge in [0.2, 0.25) is 0 Å². The Morgan fingerprint density at radius 2 is 1.89 bits per heavy atom. The van der Waals surface area contributed by atoms with Crippen molar-refractivity contribution in [3.63, 3.8) is 0 Å². The second-order valence-corrected chi connectivity index (χ2v) is 1.31. The molecule has 0 saturated carbocycles. The number of terminal acetylenes is 1. The van der Waals surface area contributed by atoms with Crippen LogP contribution in [0.15, 0.2) is 24.3 Å². The Morgan fingerprint density at radius 3 is 2.44 bits per heavy atom. The molecule has 0 unspecified atom stereocenters. The maximum Gasteiger partial charge on any atom is 0.00889 e. The van der Waals surface area contributed by atoms with Crippen LogP contribution in [0.25, 0.3) is 0 Å². The third-order valence-electron chi connectivity index (χ3n) is 0.538. The average Bonchev–Trinajstić information content (AvgIpc) is 1.89. The van der Waals surface area contributed by atoms with Crippen LogP contribution in [-0.2, 0) is 0 Å². The van der Waals surface area contributed by atoms with E-state index in [1.165, 1.54) is 0 Å². The summed E-state index contributed by atoms with van der Waals surface area (Å²) < 4.78 is 0. The fraction of sp³-hybridized carbons (Fsp3) is 0. The van der Waals surface area contributed by atoms with Gasteiger partial charge in [0.15, 0.2) is 0 Å². The predicted octanol–water partition coefficient (Wildman–Crippen LogP) is 1.93. The van der Waals surface area contributed by atoms with Crippen molar-refractivity contribution in [3.05, 3.63) is 24.3 Å². The zero-order chi connectivity index (χ0) is 6.95. The maximum atomic E-state index is 5.04. The fourth-order valence-electron chi connectivity index (χ4n) is 0.246. The Morgan fingerprint density at radius 1 is 1.22 bits per heavy atom. The number of allylic oxidation sites excluding steroid dienone is 4. The number of hydrogen-bond donors (Lipinski definition) is 0. The molecule has 0 heterocycles. The van der Waals surface area contributed by atoms with Crippen LogP contribution in [0.5, 0.6) is 0 Å². The lowest BCUT2D eigenvalue weighted by Crippen LogP contribution is -1.47. The second kappa shape index (κ2) is 6.89. The smallest absolute Gasteiger partial charge is 0.00889 e. The lowest BCUT2D eigenvalue weighted by atomic mass is 10.4. The van der Waals surface area contributed by atoms with Crippen LogP contribution < -0.4 is 0 Å². The van der Waals surface area contributed by atoms with Gasteiger partial charge in [-0.2, -0.15) is 0 Å². The summed E-state index contributed by atoms with van der Waals surface area (Å²) in [7, 11) is 0. The highest BCUT2D eigenvalue weighted by atomic mass is 35.5. The standard InChI is InChI=1S/C8H5Cl/c1-2-3-4-5-6-7-8-9/h1,3-6H/b4-3+,6-5-. The van der Waals surface area contributed by atoms with Crippen molar-refractivity contribution < 1.29 is 0 Å². The minimum atomic E-state index is 1.58. The average molecular weight is 137 g/mol. The van der Waals surface area contributed by atoms with E-state index in [0.29, 0.717) is 0 Å². The summed E-state index contributed by atoms with van der Waals surface area (Å²) in [5, 5.41) is 2.19. The van der Waals surface area contributed by atoms with E-state index in [4.69, 9.17) is 18.0 Å². The molecule has 1 heteroatoms. The van der Waals surface area contributed by atoms with Crippen molar-refractivity contribution in [3.8, 4) is 23.6 Å². The lowest BCUT2D eigenvalue weighted by molar-refractivity contribution is 1.99. The predicted molar refractivity (Wildman–Crippen MR) is 40.7 cm³/mol. The second-order valence-electron chi connectivity index (χ2n) is 1.12. The molecule has 0 nitrogen and oxygen atoms in total. The largest absolute Gasteiger partial charge is 0.115 e. The van der Waals surface area contributed by atoms with Crippen molar-refractivity contribution in [2.24, 2.45) is 0 Å². The molecule has 0 bridgehead atoms. The molecule has 0 saturated heterocycles. The fourth-order valence-corrected chi connectivity index (χ4v) is 0.309. The van der Waals surface area contributed by atoms with Gasteiger partial charge in [0.25, 0.3) is 0 Å². The molecule has 0 fully saturated rings. The molecule has 0 N–H and O–H groups in total. The SMILES string of the molecule is C#C/C=C/C=C\C#CCl. The van der Waals surface area contributed by atoms with Gasteiger partial charge in [-0.05, 0) is 23.8 Å². The summed E-state index contributed by atoms with van der Waals surface area (Å²) in [5.41, 5.74) is 0. The van der Waals surface area contributed by atoms with Crippen LogP contribution in [-0.4, -0.2) is 0 Å². The summed E-state index contributed by atoms with van der Waals surface area (Å²) in [4.78, 5) is 0. The van der Waals surface area contributed by atoms with Crippen molar-refractivity contribution >= 4 is 11.6 Å². The lowest BCUT2D eigenvalue weighted by Gasteiger charge is -1.64. The Bertz CT molecular complexity index is 205. The molecular formula is C8H5Cl. The molecule has 0 aromatic heterocycles. The minimum absolute atomic E-state index is 1.58.